The van der Waals surface area contributed by atoms with Crippen molar-refractivity contribution in [1.29, 1.82) is 0 Å². The Hall–Kier alpha value is -3.55. The first-order valence-electron chi connectivity index (χ1n) is 10.0. The topological polar surface area (TPSA) is 108 Å². The first-order valence-corrected chi connectivity index (χ1v) is 10.0. The summed E-state index contributed by atoms with van der Waals surface area (Å²) in [4.78, 5) is 37.6. The molecule has 8 nitrogen and oxygen atoms in total. The molecule has 0 bridgehead atoms. The summed E-state index contributed by atoms with van der Waals surface area (Å²) in [5.74, 6) is -1.05. The fourth-order valence-corrected chi connectivity index (χ4v) is 3.68. The van der Waals surface area contributed by atoms with Gasteiger partial charge in [0.1, 0.15) is 0 Å². The molecule has 1 aliphatic carbocycles. The van der Waals surface area contributed by atoms with Crippen molar-refractivity contribution in [2.45, 2.75) is 25.3 Å². The maximum atomic E-state index is 12.7. The van der Waals surface area contributed by atoms with Crippen molar-refractivity contribution in [2.75, 3.05) is 27.4 Å². The molecule has 0 aromatic heterocycles. The van der Waals surface area contributed by atoms with Gasteiger partial charge in [-0.3, -0.25) is 9.59 Å². The molecule has 1 atom stereocenters. The summed E-state index contributed by atoms with van der Waals surface area (Å²) < 4.78 is 15.6. The fraction of sp³-hybridized carbons (Fsp3) is 0.348. The average molecular weight is 426 g/mol. The van der Waals surface area contributed by atoms with Gasteiger partial charge in [-0.25, -0.2) is 4.79 Å². The van der Waals surface area contributed by atoms with Crippen LogP contribution in [0.25, 0.3) is 0 Å². The molecular formula is C23H26N2O6. The summed E-state index contributed by atoms with van der Waals surface area (Å²) in [6.07, 6.45) is 2.88. The minimum Gasteiger partial charge on any atom is -0.493 e. The number of fused-ring (bicyclic) bond motifs is 1. The van der Waals surface area contributed by atoms with Gasteiger partial charge >= 0.3 is 5.97 Å². The summed E-state index contributed by atoms with van der Waals surface area (Å²) in [5, 5.41) is 0. The first-order chi connectivity index (χ1) is 14.9. The zero-order valence-electron chi connectivity index (χ0n) is 17.6. The molecule has 3 rings (SSSR count). The van der Waals surface area contributed by atoms with Gasteiger partial charge in [-0.2, -0.15) is 0 Å². The van der Waals surface area contributed by atoms with Crippen molar-refractivity contribution in [3.63, 3.8) is 0 Å². The Morgan fingerprint density at radius 1 is 1.10 bits per heavy atom. The number of hydrogen-bond donors (Lipinski definition) is 1. The Balaban J connectivity index is 1.61. The number of primary amides is 1. The Bertz CT molecular complexity index is 974. The molecule has 0 saturated carbocycles. The van der Waals surface area contributed by atoms with Gasteiger partial charge in [-0.15, -0.1) is 0 Å². The second-order valence-electron chi connectivity index (χ2n) is 7.31. The molecule has 164 valence electrons. The predicted molar refractivity (Wildman–Crippen MR) is 113 cm³/mol. The number of ether oxygens (including phenoxy) is 3. The van der Waals surface area contributed by atoms with Crippen LogP contribution in [0.15, 0.2) is 42.5 Å². The summed E-state index contributed by atoms with van der Waals surface area (Å²) >= 11 is 0. The minimum atomic E-state index is -0.662. The highest BCUT2D eigenvalue weighted by atomic mass is 16.5. The zero-order chi connectivity index (χ0) is 22.4. The van der Waals surface area contributed by atoms with Gasteiger partial charge in [0.2, 0.25) is 0 Å². The van der Waals surface area contributed by atoms with Gasteiger partial charge in [0.15, 0.2) is 24.7 Å². The van der Waals surface area contributed by atoms with Gasteiger partial charge in [-0.1, -0.05) is 24.3 Å². The van der Waals surface area contributed by atoms with E-state index in [0.29, 0.717) is 0 Å². The average Bonchev–Trinajstić information content (AvgIpc) is 2.79. The van der Waals surface area contributed by atoms with E-state index in [1.807, 2.05) is 18.2 Å². The highest BCUT2D eigenvalue weighted by Crippen LogP contribution is 2.33. The van der Waals surface area contributed by atoms with Crippen molar-refractivity contribution in [2.24, 2.45) is 5.73 Å². The number of hydrogen-bond acceptors (Lipinski definition) is 6. The van der Waals surface area contributed by atoms with Crippen LogP contribution in [0.5, 0.6) is 11.5 Å². The van der Waals surface area contributed by atoms with Crippen molar-refractivity contribution >= 4 is 17.8 Å². The number of carbonyl (C=O) groups is 3. The molecule has 0 aliphatic heterocycles. The highest BCUT2D eigenvalue weighted by molar-refractivity contribution is 5.92. The lowest BCUT2D eigenvalue weighted by Gasteiger charge is -2.33. The molecule has 8 heteroatoms. The molecule has 2 N–H and O–H groups in total. The van der Waals surface area contributed by atoms with E-state index in [-0.39, 0.29) is 42.2 Å². The molecule has 1 aliphatic rings. The maximum absolute atomic E-state index is 12.7. The highest BCUT2D eigenvalue weighted by Gasteiger charge is 2.27. The molecule has 0 spiro atoms. The van der Waals surface area contributed by atoms with Crippen LogP contribution in [0.2, 0.25) is 0 Å². The van der Waals surface area contributed by atoms with E-state index in [4.69, 9.17) is 19.9 Å². The van der Waals surface area contributed by atoms with E-state index < -0.39 is 11.9 Å². The lowest BCUT2D eigenvalue weighted by molar-refractivity contribution is -0.135. The minimum absolute atomic E-state index is 0.0297. The maximum Gasteiger partial charge on any atom is 0.338 e. The molecule has 0 radical (unpaired) electrons. The van der Waals surface area contributed by atoms with Gasteiger partial charge in [0.25, 0.3) is 11.8 Å². The van der Waals surface area contributed by atoms with Gasteiger partial charge in [0, 0.05) is 7.05 Å². The van der Waals surface area contributed by atoms with Crippen molar-refractivity contribution in [1.82, 2.24) is 4.90 Å². The van der Waals surface area contributed by atoms with E-state index in [9.17, 15) is 14.4 Å². The van der Waals surface area contributed by atoms with E-state index in [0.717, 1.165) is 24.8 Å². The fourth-order valence-electron chi connectivity index (χ4n) is 3.68. The number of likely N-dealkylation sites (N-methyl/N-ethyl adjacent to an activating group) is 1. The summed E-state index contributed by atoms with van der Waals surface area (Å²) in [6.45, 7) is -0.679. The molecule has 0 heterocycles. The number of rotatable bonds is 8. The predicted octanol–water partition coefficient (Wildman–Crippen LogP) is 2.25. The summed E-state index contributed by atoms with van der Waals surface area (Å²) in [5.41, 5.74) is 7.66. The molecule has 31 heavy (non-hydrogen) atoms. The van der Waals surface area contributed by atoms with Crippen LogP contribution in [0.4, 0.5) is 0 Å². The van der Waals surface area contributed by atoms with E-state index in [1.54, 1.807) is 11.9 Å². The number of aryl methyl sites for hydroxylation is 1. The second-order valence-corrected chi connectivity index (χ2v) is 7.31. The SMILES string of the molecule is COc1cc(C(=O)OCC(=O)N(C)[C@@H]2CCCc3ccccc32)ccc1OCC(N)=O. The number of nitrogens with two attached hydrogens (primary N) is 1. The number of methoxy groups -OCH3 is 1. The Morgan fingerprint density at radius 3 is 2.61 bits per heavy atom. The van der Waals surface area contributed by atoms with Crippen LogP contribution >= 0.6 is 0 Å². The smallest absolute Gasteiger partial charge is 0.338 e. The third-order valence-corrected chi connectivity index (χ3v) is 5.29. The van der Waals surface area contributed by atoms with Gasteiger partial charge in [-0.05, 0) is 48.6 Å². The molecule has 0 saturated heterocycles. The Morgan fingerprint density at radius 2 is 1.87 bits per heavy atom. The van der Waals surface area contributed by atoms with Crippen molar-refractivity contribution in [3.8, 4) is 11.5 Å². The molecule has 0 fully saturated rings. The lowest BCUT2D eigenvalue weighted by atomic mass is 9.87. The van der Waals surface area contributed by atoms with Crippen LogP contribution in [0.1, 0.15) is 40.4 Å². The standard InChI is InChI=1S/C23H26N2O6/c1-25(18-9-5-7-15-6-3-4-8-17(15)18)22(27)14-31-23(28)16-10-11-19(20(12-16)29-2)30-13-21(24)26/h3-4,6,8,10-12,18H,5,7,9,13-14H2,1-2H3,(H2,24,26)/t18-/m1/s1. The number of nitrogens with zero attached hydrogens (tertiary/aromatic N) is 1. The quantitative estimate of drug-likeness (QED) is 0.649. The van der Waals surface area contributed by atoms with Crippen molar-refractivity contribution < 1.29 is 28.6 Å². The Kier molecular flexibility index (Phi) is 7.12. The third kappa shape index (κ3) is 5.33. The zero-order valence-corrected chi connectivity index (χ0v) is 17.6. The van der Waals surface area contributed by atoms with E-state index in [1.165, 1.54) is 30.9 Å². The molecule has 2 aromatic carbocycles. The van der Waals surface area contributed by atoms with Crippen LogP contribution in [0.3, 0.4) is 0 Å². The first kappa shape index (κ1) is 22.1. The molecule has 2 aromatic rings. The van der Waals surface area contributed by atoms with Crippen LogP contribution in [-0.4, -0.2) is 50.1 Å². The van der Waals surface area contributed by atoms with Crippen LogP contribution in [0, 0.1) is 0 Å². The third-order valence-electron chi connectivity index (χ3n) is 5.29. The van der Waals surface area contributed by atoms with Crippen LogP contribution < -0.4 is 15.2 Å². The normalized spacial score (nSPS) is 14.8. The number of esters is 1. The summed E-state index contributed by atoms with van der Waals surface area (Å²) in [6, 6.07) is 12.4. The van der Waals surface area contributed by atoms with Crippen LogP contribution in [-0.2, 0) is 20.7 Å². The monoisotopic (exact) mass is 426 g/mol. The molecule has 2 amide bonds. The van der Waals surface area contributed by atoms with Gasteiger partial charge in [0.05, 0.1) is 18.7 Å². The van der Waals surface area contributed by atoms with E-state index >= 15 is 0 Å². The summed E-state index contributed by atoms with van der Waals surface area (Å²) in [7, 11) is 3.14. The molecule has 0 unspecified atom stereocenters. The number of benzene rings is 2. The van der Waals surface area contributed by atoms with Gasteiger partial charge < -0.3 is 24.8 Å². The van der Waals surface area contributed by atoms with E-state index in [2.05, 4.69) is 6.07 Å². The van der Waals surface area contributed by atoms with Crippen molar-refractivity contribution in [3.05, 3.63) is 59.2 Å². The molecular weight excluding hydrogens is 400 g/mol. The number of amides is 2. The largest absolute Gasteiger partial charge is 0.493 e. The lowest BCUT2D eigenvalue weighted by Crippen LogP contribution is -2.36. The second kappa shape index (κ2) is 9.97. The Labute approximate surface area is 180 Å². The number of carbonyl (C=O) groups excluding carboxylic acids is 3.